The van der Waals surface area contributed by atoms with Gasteiger partial charge in [0.2, 0.25) is 0 Å². The molecular weight excluding hydrogens is 126 g/mol. The maximum atomic E-state index is 12.5. The lowest BCUT2D eigenvalue weighted by Crippen LogP contribution is -2.13. The first-order valence-corrected chi connectivity index (χ1v) is 3.04. The smallest absolute Gasteiger partial charge is 0.261 e. The lowest BCUT2D eigenvalue weighted by molar-refractivity contribution is -0.00568. The molecule has 0 aromatic carbocycles. The van der Waals surface area contributed by atoms with Gasteiger partial charge in [-0.15, -0.1) is 0 Å². The lowest BCUT2D eigenvalue weighted by Gasteiger charge is -2.05. The van der Waals surface area contributed by atoms with Crippen molar-refractivity contribution in [2.45, 2.75) is 12.8 Å². The van der Waals surface area contributed by atoms with E-state index in [2.05, 4.69) is 0 Å². The Balaban J connectivity index is 2.26. The second-order valence-electron chi connectivity index (χ2n) is 3.11. The molecule has 0 N–H and O–H groups in total. The Morgan fingerprint density at radius 3 is 2.44 bits per heavy atom. The molecule has 1 saturated carbocycles. The molecule has 2 rings (SSSR count). The maximum absolute atomic E-state index is 12.5. The van der Waals surface area contributed by atoms with Crippen molar-refractivity contribution in [1.82, 2.24) is 0 Å². The van der Waals surface area contributed by atoms with E-state index in [4.69, 9.17) is 4.74 Å². The second kappa shape index (κ2) is 1.15. The van der Waals surface area contributed by atoms with Gasteiger partial charge in [-0.25, -0.2) is 8.78 Å². The summed E-state index contributed by atoms with van der Waals surface area (Å²) in [7, 11) is 0. The summed E-state index contributed by atoms with van der Waals surface area (Å²) in [5.74, 6) is -2.91. The minimum Gasteiger partial charge on any atom is -0.380 e. The van der Waals surface area contributed by atoms with Crippen LogP contribution in [0.3, 0.4) is 0 Å². The van der Waals surface area contributed by atoms with Crippen LogP contribution in [0, 0.1) is 11.3 Å². The molecule has 0 radical (unpaired) electrons. The zero-order valence-corrected chi connectivity index (χ0v) is 5.16. The molecule has 1 heterocycles. The molecule has 0 spiro atoms. The fourth-order valence-corrected chi connectivity index (χ4v) is 1.55. The van der Waals surface area contributed by atoms with Gasteiger partial charge in [-0.05, 0) is 0 Å². The summed E-state index contributed by atoms with van der Waals surface area (Å²) in [5, 5.41) is 0. The van der Waals surface area contributed by atoms with Crippen molar-refractivity contribution in [2.24, 2.45) is 11.3 Å². The van der Waals surface area contributed by atoms with E-state index in [1.54, 1.807) is 6.92 Å². The topological polar surface area (TPSA) is 9.23 Å². The summed E-state index contributed by atoms with van der Waals surface area (Å²) >= 11 is 0. The molecule has 2 atom stereocenters. The van der Waals surface area contributed by atoms with E-state index >= 15 is 0 Å². The molecule has 1 aliphatic carbocycles. The summed E-state index contributed by atoms with van der Waals surface area (Å²) in [5.41, 5.74) is -0.799. The molecule has 0 amide bonds. The number of ether oxygens (including phenoxy) is 1. The van der Waals surface area contributed by atoms with Crippen molar-refractivity contribution in [1.29, 1.82) is 0 Å². The predicted octanol–water partition coefficient (Wildman–Crippen LogP) is 1.29. The molecule has 1 aliphatic heterocycles. The second-order valence-corrected chi connectivity index (χ2v) is 3.11. The molecule has 2 fully saturated rings. The Kier molecular flexibility index (Phi) is 0.712. The van der Waals surface area contributed by atoms with Crippen LogP contribution < -0.4 is 0 Å². The van der Waals surface area contributed by atoms with E-state index in [1.165, 1.54) is 0 Å². The van der Waals surface area contributed by atoms with Gasteiger partial charge in [-0.2, -0.15) is 0 Å². The van der Waals surface area contributed by atoms with Crippen LogP contribution in [0.2, 0.25) is 0 Å². The van der Waals surface area contributed by atoms with E-state index in [-0.39, 0.29) is 13.2 Å². The van der Waals surface area contributed by atoms with Crippen molar-refractivity contribution in [3.05, 3.63) is 0 Å². The molecule has 9 heavy (non-hydrogen) atoms. The number of rotatable bonds is 0. The third-order valence-electron chi connectivity index (χ3n) is 2.57. The van der Waals surface area contributed by atoms with E-state index < -0.39 is 17.3 Å². The molecule has 0 aromatic heterocycles. The molecule has 1 nitrogen and oxygen atoms in total. The highest BCUT2D eigenvalue weighted by atomic mass is 19.3. The highest BCUT2D eigenvalue weighted by molar-refractivity contribution is 5.18. The third-order valence-corrected chi connectivity index (χ3v) is 2.57. The predicted molar refractivity (Wildman–Crippen MR) is 27.4 cm³/mol. The van der Waals surface area contributed by atoms with Crippen LogP contribution in [0.15, 0.2) is 0 Å². The number of hydrogen-bond acceptors (Lipinski definition) is 1. The van der Waals surface area contributed by atoms with Gasteiger partial charge < -0.3 is 4.74 Å². The van der Waals surface area contributed by atoms with Crippen molar-refractivity contribution >= 4 is 0 Å². The zero-order valence-electron chi connectivity index (χ0n) is 5.16. The fraction of sp³-hybridized carbons (Fsp3) is 1.00. The van der Waals surface area contributed by atoms with Crippen LogP contribution in [0.1, 0.15) is 6.92 Å². The molecular formula is C6H8F2O. The highest BCUT2D eigenvalue weighted by Crippen LogP contribution is 2.68. The molecule has 52 valence electrons. The Labute approximate surface area is 52.0 Å². The van der Waals surface area contributed by atoms with E-state index in [0.29, 0.717) is 0 Å². The van der Waals surface area contributed by atoms with Crippen molar-refractivity contribution in [3.63, 3.8) is 0 Å². The molecule has 1 saturated heterocycles. The van der Waals surface area contributed by atoms with Gasteiger partial charge in [0.15, 0.2) is 0 Å². The van der Waals surface area contributed by atoms with Crippen LogP contribution in [0.5, 0.6) is 0 Å². The van der Waals surface area contributed by atoms with E-state index in [1.807, 2.05) is 0 Å². The molecule has 0 bridgehead atoms. The van der Waals surface area contributed by atoms with Crippen molar-refractivity contribution in [3.8, 4) is 0 Å². The van der Waals surface area contributed by atoms with Crippen LogP contribution in [0.4, 0.5) is 8.78 Å². The van der Waals surface area contributed by atoms with Gasteiger partial charge in [0, 0.05) is 0 Å². The summed E-state index contributed by atoms with van der Waals surface area (Å²) in [6.07, 6.45) is 0. The molecule has 3 heteroatoms. The first-order chi connectivity index (χ1) is 4.09. The Morgan fingerprint density at radius 1 is 1.56 bits per heavy atom. The van der Waals surface area contributed by atoms with Crippen LogP contribution in [-0.4, -0.2) is 19.1 Å². The van der Waals surface area contributed by atoms with Crippen molar-refractivity contribution < 1.29 is 13.5 Å². The monoisotopic (exact) mass is 134 g/mol. The minimum absolute atomic E-state index is 0.241. The van der Waals surface area contributed by atoms with Gasteiger partial charge >= 0.3 is 0 Å². The average molecular weight is 134 g/mol. The largest absolute Gasteiger partial charge is 0.380 e. The van der Waals surface area contributed by atoms with E-state index in [0.717, 1.165) is 0 Å². The van der Waals surface area contributed by atoms with Gasteiger partial charge in [0.1, 0.15) is 0 Å². The molecule has 2 unspecified atom stereocenters. The number of hydrogen-bond donors (Lipinski definition) is 0. The quantitative estimate of drug-likeness (QED) is 0.485. The van der Waals surface area contributed by atoms with Crippen molar-refractivity contribution in [2.75, 3.05) is 13.2 Å². The van der Waals surface area contributed by atoms with Gasteiger partial charge in [0.25, 0.3) is 5.92 Å². The normalized spacial score (nSPS) is 53.0. The average Bonchev–Trinajstić information content (AvgIpc) is 2.21. The van der Waals surface area contributed by atoms with Crippen LogP contribution >= 0.6 is 0 Å². The van der Waals surface area contributed by atoms with Gasteiger partial charge in [0.05, 0.1) is 24.5 Å². The Hall–Kier alpha value is -0.180. The van der Waals surface area contributed by atoms with E-state index in [9.17, 15) is 8.78 Å². The van der Waals surface area contributed by atoms with Gasteiger partial charge in [-0.1, -0.05) is 6.92 Å². The first-order valence-electron chi connectivity index (χ1n) is 3.04. The number of halogens is 2. The maximum Gasteiger partial charge on any atom is 0.261 e. The molecule has 0 aromatic rings. The fourth-order valence-electron chi connectivity index (χ4n) is 1.55. The standard InChI is InChI=1S/C6H8F2O/c1-5-3-9-2-4(5)6(5,7)8/h4H,2-3H2,1H3. The summed E-state index contributed by atoms with van der Waals surface area (Å²) in [6, 6.07) is 0. The highest BCUT2D eigenvalue weighted by Gasteiger charge is 2.80. The number of fused-ring (bicyclic) bond motifs is 1. The SMILES string of the molecule is CC12COCC1C2(F)F. The van der Waals surface area contributed by atoms with Crippen LogP contribution in [-0.2, 0) is 4.74 Å². The van der Waals surface area contributed by atoms with Crippen LogP contribution in [0.25, 0.3) is 0 Å². The Morgan fingerprint density at radius 2 is 2.22 bits per heavy atom. The first kappa shape index (κ1) is 5.59. The summed E-state index contributed by atoms with van der Waals surface area (Å²) in [6.45, 7) is 2.08. The third kappa shape index (κ3) is 0.397. The minimum atomic E-state index is -2.43. The molecule has 2 aliphatic rings. The lowest BCUT2D eigenvalue weighted by atomic mass is 10.1. The summed E-state index contributed by atoms with van der Waals surface area (Å²) < 4.78 is 30.0. The zero-order chi connectivity index (χ0) is 6.70. The number of alkyl halides is 2. The van der Waals surface area contributed by atoms with Gasteiger partial charge in [-0.3, -0.25) is 0 Å². The summed E-state index contributed by atoms with van der Waals surface area (Å²) in [4.78, 5) is 0. The Bertz CT molecular complexity index is 157.